The van der Waals surface area contributed by atoms with Gasteiger partial charge in [0.15, 0.2) is 0 Å². The minimum atomic E-state index is -0.667. The first-order chi connectivity index (χ1) is 30.0. The van der Waals surface area contributed by atoms with Crippen molar-refractivity contribution in [2.24, 2.45) is 0 Å². The van der Waals surface area contributed by atoms with Gasteiger partial charge in [-0.25, -0.2) is 0 Å². The molecule has 6 heteroatoms. The van der Waals surface area contributed by atoms with Crippen LogP contribution in [0, 0.1) is 0 Å². The summed E-state index contributed by atoms with van der Waals surface area (Å²) in [6.45, 7) is 4.94. The number of unbranched alkanes of at least 4 members (excludes halogenated alkanes) is 38. The summed E-state index contributed by atoms with van der Waals surface area (Å²) in [4.78, 5) is 24.4. The molecule has 1 amide bonds. The molecule has 0 aromatic rings. The first-order valence-electron chi connectivity index (χ1n) is 27.4. The average Bonchev–Trinajstić information content (AvgIpc) is 3.26. The van der Waals surface area contributed by atoms with Gasteiger partial charge in [-0.05, 0) is 51.4 Å². The quantitative estimate of drug-likeness (QED) is 0.0322. The number of esters is 1. The summed E-state index contributed by atoms with van der Waals surface area (Å²) in [5.41, 5.74) is 0. The molecule has 3 N–H and O–H groups in total. The number of rotatable bonds is 51. The maximum Gasteiger partial charge on any atom is 0.305 e. The Bertz CT molecular complexity index is 909. The molecule has 61 heavy (non-hydrogen) atoms. The normalized spacial score (nSPS) is 12.7. The molecule has 6 nitrogen and oxygen atoms in total. The third kappa shape index (κ3) is 47.9. The summed E-state index contributed by atoms with van der Waals surface area (Å²) < 4.78 is 5.46. The Morgan fingerprint density at radius 1 is 0.443 bits per heavy atom. The van der Waals surface area contributed by atoms with Crippen LogP contribution in [0.5, 0.6) is 0 Å². The first-order valence-corrected chi connectivity index (χ1v) is 27.4. The van der Waals surface area contributed by atoms with Crippen molar-refractivity contribution in [2.75, 3.05) is 13.2 Å². The van der Waals surface area contributed by atoms with E-state index in [9.17, 15) is 19.8 Å². The largest absolute Gasteiger partial charge is 0.466 e. The zero-order valence-corrected chi connectivity index (χ0v) is 41.2. The summed E-state index contributed by atoms with van der Waals surface area (Å²) in [5, 5.41) is 23.2. The second kappa shape index (κ2) is 51.2. The Morgan fingerprint density at radius 3 is 1.16 bits per heavy atom. The van der Waals surface area contributed by atoms with Gasteiger partial charge in [0, 0.05) is 12.8 Å². The number of carbonyl (C=O) groups excluding carboxylic acids is 2. The van der Waals surface area contributed by atoms with E-state index in [-0.39, 0.29) is 18.5 Å². The predicted octanol–water partition coefficient (Wildman–Crippen LogP) is 16.5. The highest BCUT2D eigenvalue weighted by Gasteiger charge is 2.20. The summed E-state index contributed by atoms with van der Waals surface area (Å²) in [6, 6.07) is -0.545. The van der Waals surface area contributed by atoms with Crippen molar-refractivity contribution in [2.45, 2.75) is 315 Å². The molecule has 0 rings (SSSR count). The van der Waals surface area contributed by atoms with E-state index >= 15 is 0 Å². The molecule has 2 unspecified atom stereocenters. The fourth-order valence-electron chi connectivity index (χ4n) is 8.58. The van der Waals surface area contributed by atoms with Crippen molar-refractivity contribution in [3.63, 3.8) is 0 Å². The van der Waals surface area contributed by atoms with Crippen LogP contribution in [0.25, 0.3) is 0 Å². The SMILES string of the molecule is CCCCCCCCCCCCCCC(=O)OCCCCCCCCCCC/C=C\CCCCCCCCCC(=O)NC(CO)C(O)CCCCCCCCCCCCCC. The molecular weight excluding hydrogens is 755 g/mol. The van der Waals surface area contributed by atoms with Gasteiger partial charge in [-0.2, -0.15) is 0 Å². The van der Waals surface area contributed by atoms with Gasteiger partial charge >= 0.3 is 5.97 Å². The van der Waals surface area contributed by atoms with Crippen LogP contribution in [0.15, 0.2) is 12.2 Å². The average molecular weight is 862 g/mol. The molecule has 0 radical (unpaired) electrons. The predicted molar refractivity (Wildman–Crippen MR) is 264 cm³/mol. The highest BCUT2D eigenvalue weighted by atomic mass is 16.5. The monoisotopic (exact) mass is 862 g/mol. The summed E-state index contributed by atoms with van der Waals surface area (Å²) in [6.07, 6.45) is 59.1. The van der Waals surface area contributed by atoms with Crippen LogP contribution in [-0.4, -0.2) is 47.4 Å². The van der Waals surface area contributed by atoms with Crippen molar-refractivity contribution in [3.8, 4) is 0 Å². The van der Waals surface area contributed by atoms with Crippen LogP contribution < -0.4 is 5.32 Å². The lowest BCUT2D eigenvalue weighted by Crippen LogP contribution is -2.45. The van der Waals surface area contributed by atoms with Crippen molar-refractivity contribution < 1.29 is 24.5 Å². The lowest BCUT2D eigenvalue weighted by Gasteiger charge is -2.22. The molecule has 0 fully saturated rings. The minimum Gasteiger partial charge on any atom is -0.466 e. The zero-order valence-electron chi connectivity index (χ0n) is 41.2. The highest BCUT2D eigenvalue weighted by molar-refractivity contribution is 5.76. The molecule has 0 aromatic carbocycles. The number of aliphatic hydroxyl groups excluding tert-OH is 2. The van der Waals surface area contributed by atoms with Crippen LogP contribution in [-0.2, 0) is 14.3 Å². The molecule has 0 heterocycles. The number of amides is 1. The van der Waals surface area contributed by atoms with Crippen LogP contribution >= 0.6 is 0 Å². The molecule has 0 aliphatic heterocycles. The van der Waals surface area contributed by atoms with Gasteiger partial charge in [-0.1, -0.05) is 251 Å². The first kappa shape index (κ1) is 59.6. The van der Waals surface area contributed by atoms with E-state index in [2.05, 4.69) is 31.3 Å². The van der Waals surface area contributed by atoms with E-state index in [0.29, 0.717) is 25.9 Å². The van der Waals surface area contributed by atoms with Gasteiger partial charge in [-0.3, -0.25) is 9.59 Å². The molecule has 0 spiro atoms. The minimum absolute atomic E-state index is 0.00708. The number of carbonyl (C=O) groups is 2. The van der Waals surface area contributed by atoms with Gasteiger partial charge in [0.25, 0.3) is 0 Å². The third-order valence-electron chi connectivity index (χ3n) is 12.8. The maximum atomic E-state index is 12.4. The molecule has 2 atom stereocenters. The second-order valence-corrected chi connectivity index (χ2v) is 18.9. The van der Waals surface area contributed by atoms with Gasteiger partial charge in [0.2, 0.25) is 5.91 Å². The lowest BCUT2D eigenvalue weighted by atomic mass is 10.0. The molecule has 0 aromatic heterocycles. The smallest absolute Gasteiger partial charge is 0.305 e. The van der Waals surface area contributed by atoms with Crippen LogP contribution in [0.4, 0.5) is 0 Å². The molecule has 0 saturated carbocycles. The van der Waals surface area contributed by atoms with E-state index in [0.717, 1.165) is 38.5 Å². The van der Waals surface area contributed by atoms with E-state index < -0.39 is 12.1 Å². The van der Waals surface area contributed by atoms with Crippen LogP contribution in [0.3, 0.4) is 0 Å². The Labute approximate surface area is 380 Å². The third-order valence-corrected chi connectivity index (χ3v) is 12.8. The number of aliphatic hydroxyl groups is 2. The lowest BCUT2D eigenvalue weighted by molar-refractivity contribution is -0.143. The standard InChI is InChI=1S/C55H107NO5/c1-3-5-7-9-11-13-15-27-31-35-39-43-47-53(58)52(51-57)56-54(59)48-44-40-36-32-28-25-23-21-19-17-18-20-22-24-26-30-34-38-42-46-50-61-55(60)49-45-41-37-33-29-16-14-12-10-8-6-4-2/h17,19,52-53,57-58H,3-16,18,20-51H2,1-2H3,(H,56,59)/b19-17-. The topological polar surface area (TPSA) is 95.9 Å². The summed E-state index contributed by atoms with van der Waals surface area (Å²) >= 11 is 0. The number of ether oxygens (including phenoxy) is 1. The summed E-state index contributed by atoms with van der Waals surface area (Å²) in [7, 11) is 0. The van der Waals surface area contributed by atoms with E-state index in [1.165, 1.54) is 231 Å². The van der Waals surface area contributed by atoms with Gasteiger partial charge in [0.1, 0.15) is 0 Å². The van der Waals surface area contributed by atoms with Gasteiger partial charge in [0.05, 0.1) is 25.4 Å². The Hall–Kier alpha value is -1.40. The molecule has 0 aliphatic rings. The molecule has 0 bridgehead atoms. The Balaban J connectivity index is 3.42. The number of allylic oxidation sites excluding steroid dienone is 2. The molecule has 0 aliphatic carbocycles. The second-order valence-electron chi connectivity index (χ2n) is 18.9. The van der Waals surface area contributed by atoms with Crippen LogP contribution in [0.1, 0.15) is 303 Å². The highest BCUT2D eigenvalue weighted by Crippen LogP contribution is 2.17. The maximum absolute atomic E-state index is 12.4. The number of hydrogen-bond donors (Lipinski definition) is 3. The molecule has 0 saturated heterocycles. The van der Waals surface area contributed by atoms with Crippen molar-refractivity contribution in [1.29, 1.82) is 0 Å². The van der Waals surface area contributed by atoms with E-state index in [1.54, 1.807) is 0 Å². The molecular formula is C55H107NO5. The van der Waals surface area contributed by atoms with Crippen molar-refractivity contribution in [3.05, 3.63) is 12.2 Å². The molecule has 362 valence electrons. The Morgan fingerprint density at radius 2 is 0.770 bits per heavy atom. The Kier molecular flexibility index (Phi) is 50.1. The fraction of sp³-hybridized carbons (Fsp3) is 0.927. The van der Waals surface area contributed by atoms with E-state index in [1.807, 2.05) is 0 Å². The van der Waals surface area contributed by atoms with Crippen molar-refractivity contribution >= 4 is 11.9 Å². The van der Waals surface area contributed by atoms with Gasteiger partial charge in [-0.15, -0.1) is 0 Å². The zero-order chi connectivity index (χ0) is 44.4. The van der Waals surface area contributed by atoms with E-state index in [4.69, 9.17) is 4.74 Å². The fourth-order valence-corrected chi connectivity index (χ4v) is 8.58. The number of nitrogens with one attached hydrogen (secondary N) is 1. The van der Waals surface area contributed by atoms with Crippen LogP contribution in [0.2, 0.25) is 0 Å². The van der Waals surface area contributed by atoms with Crippen molar-refractivity contribution in [1.82, 2.24) is 5.32 Å². The van der Waals surface area contributed by atoms with Gasteiger partial charge < -0.3 is 20.3 Å². The summed E-state index contributed by atoms with van der Waals surface area (Å²) in [5.74, 6) is -0.0363. The number of hydrogen-bond acceptors (Lipinski definition) is 5.